The molecule has 180 valence electrons. The van der Waals surface area contributed by atoms with Gasteiger partial charge in [-0.2, -0.15) is 0 Å². The second kappa shape index (κ2) is 12.6. The third kappa shape index (κ3) is 6.47. The Balaban J connectivity index is 0.000000231. The molecule has 2 heterocycles. The quantitative estimate of drug-likeness (QED) is 0.324. The van der Waals surface area contributed by atoms with E-state index in [-0.39, 0.29) is 11.7 Å². The molecule has 5 heteroatoms. The number of phenolic OH excluding ortho intramolecular Hbond substituents is 1. The molecule has 0 amide bonds. The second-order valence-corrected chi connectivity index (χ2v) is 7.97. The summed E-state index contributed by atoms with van der Waals surface area (Å²) in [4.78, 5) is 16.0. The Morgan fingerprint density at radius 2 is 1.62 bits per heavy atom. The summed E-state index contributed by atoms with van der Waals surface area (Å²) < 4.78 is 6.98. The minimum Gasteiger partial charge on any atom is -0.508 e. The average Bonchev–Trinajstić information content (AvgIpc) is 3.19. The first-order chi connectivity index (χ1) is 16.3. The van der Waals surface area contributed by atoms with E-state index >= 15 is 0 Å². The molecule has 0 spiro atoms. The highest BCUT2D eigenvalue weighted by atomic mass is 16.5. The van der Waals surface area contributed by atoms with E-state index in [4.69, 9.17) is 9.72 Å². The number of carbonyl (C=O) groups excluding carboxylic acids is 1. The molecule has 0 atom stereocenters. The van der Waals surface area contributed by atoms with Gasteiger partial charge in [-0.15, -0.1) is 0 Å². The van der Waals surface area contributed by atoms with Crippen molar-refractivity contribution in [3.05, 3.63) is 89.2 Å². The Labute approximate surface area is 203 Å². The fourth-order valence-corrected chi connectivity index (χ4v) is 3.43. The number of nitrogens with zero attached hydrogens (tertiary/aromatic N) is 2. The molecule has 0 unspecified atom stereocenters. The van der Waals surface area contributed by atoms with Crippen LogP contribution in [0.25, 0.3) is 16.9 Å². The number of fused-ring (bicyclic) bond motifs is 1. The van der Waals surface area contributed by atoms with E-state index in [2.05, 4.69) is 38.2 Å². The number of aromatic hydroxyl groups is 1. The van der Waals surface area contributed by atoms with Crippen molar-refractivity contribution in [3.63, 3.8) is 0 Å². The van der Waals surface area contributed by atoms with Gasteiger partial charge >= 0.3 is 5.97 Å². The van der Waals surface area contributed by atoms with Gasteiger partial charge in [-0.25, -0.2) is 9.78 Å². The number of hydrogen-bond acceptors (Lipinski definition) is 4. The van der Waals surface area contributed by atoms with Gasteiger partial charge in [0.15, 0.2) is 0 Å². The Morgan fingerprint density at radius 3 is 2.15 bits per heavy atom. The number of phenols is 1. The van der Waals surface area contributed by atoms with E-state index in [1.165, 1.54) is 5.56 Å². The lowest BCUT2D eigenvalue weighted by atomic mass is 10.0. The zero-order chi connectivity index (χ0) is 25.3. The highest BCUT2D eigenvalue weighted by Crippen LogP contribution is 2.26. The molecule has 5 nitrogen and oxygen atoms in total. The van der Waals surface area contributed by atoms with Crippen LogP contribution in [0.4, 0.5) is 0 Å². The van der Waals surface area contributed by atoms with Gasteiger partial charge in [0.1, 0.15) is 11.4 Å². The number of carbonyl (C=O) groups is 1. The van der Waals surface area contributed by atoms with E-state index in [9.17, 15) is 9.90 Å². The third-order valence-electron chi connectivity index (χ3n) is 5.31. The zero-order valence-electron chi connectivity index (χ0n) is 21.3. The number of aryl methyl sites for hydroxylation is 2. The van der Waals surface area contributed by atoms with Crippen LogP contribution in [0, 0.1) is 13.8 Å². The number of hydrogen-bond donors (Lipinski definition) is 1. The minimum atomic E-state index is -0.247. The predicted octanol–water partition coefficient (Wildman–Crippen LogP) is 7.34. The van der Waals surface area contributed by atoms with Crippen LogP contribution < -0.4 is 0 Å². The highest BCUT2D eigenvalue weighted by Gasteiger charge is 2.11. The van der Waals surface area contributed by atoms with Crippen molar-refractivity contribution in [1.82, 2.24) is 9.38 Å². The van der Waals surface area contributed by atoms with Crippen molar-refractivity contribution in [2.45, 2.75) is 54.4 Å². The first kappa shape index (κ1) is 26.7. The normalized spacial score (nSPS) is 10.2. The number of aromatic nitrogens is 2. The molecule has 1 N–H and O–H groups in total. The number of rotatable bonds is 4. The van der Waals surface area contributed by atoms with Crippen molar-refractivity contribution < 1.29 is 14.6 Å². The minimum absolute atomic E-state index is 0.247. The molecular weight excluding hydrogens is 424 g/mol. The van der Waals surface area contributed by atoms with Crippen LogP contribution in [-0.2, 0) is 4.74 Å². The lowest BCUT2D eigenvalue weighted by Crippen LogP contribution is -2.04. The fourth-order valence-electron chi connectivity index (χ4n) is 3.43. The summed E-state index contributed by atoms with van der Waals surface area (Å²) in [5, 5.41) is 9.33. The maximum absolute atomic E-state index is 11.3. The summed E-state index contributed by atoms with van der Waals surface area (Å²) in [5.74, 6) is 0.519. The number of imidazole rings is 1. The smallest absolute Gasteiger partial charge is 0.338 e. The molecule has 0 saturated carbocycles. The van der Waals surface area contributed by atoms with Gasteiger partial charge in [-0.05, 0) is 80.3 Å². The van der Waals surface area contributed by atoms with Crippen molar-refractivity contribution in [3.8, 4) is 17.0 Å². The van der Waals surface area contributed by atoms with Crippen molar-refractivity contribution >= 4 is 11.6 Å². The van der Waals surface area contributed by atoms with Crippen LogP contribution in [0.2, 0.25) is 0 Å². The Morgan fingerprint density at radius 1 is 1.00 bits per heavy atom. The molecule has 0 radical (unpaired) electrons. The topological polar surface area (TPSA) is 63.8 Å². The van der Waals surface area contributed by atoms with Gasteiger partial charge in [0.05, 0.1) is 17.9 Å². The van der Waals surface area contributed by atoms with Gasteiger partial charge < -0.3 is 14.2 Å². The van der Waals surface area contributed by atoms with Crippen LogP contribution in [0.15, 0.2) is 66.9 Å². The van der Waals surface area contributed by atoms with Gasteiger partial charge in [0.2, 0.25) is 0 Å². The van der Waals surface area contributed by atoms with E-state index in [0.717, 1.165) is 28.2 Å². The van der Waals surface area contributed by atoms with Gasteiger partial charge in [0.25, 0.3) is 0 Å². The summed E-state index contributed by atoms with van der Waals surface area (Å²) in [7, 11) is 0. The van der Waals surface area contributed by atoms with Crippen LogP contribution in [-0.4, -0.2) is 27.1 Å². The third-order valence-corrected chi connectivity index (χ3v) is 5.31. The molecule has 0 aliphatic heterocycles. The van der Waals surface area contributed by atoms with E-state index < -0.39 is 0 Å². The zero-order valence-corrected chi connectivity index (χ0v) is 21.3. The molecule has 4 rings (SSSR count). The SMILES string of the molecule is CC.CCOC(=O)c1ccc(C(C)C)cc1.Cc1cccn2c(C)c(-c3ccc(O)cc3)nc12. The number of pyridine rings is 1. The number of ether oxygens (including phenoxy) is 1. The lowest BCUT2D eigenvalue weighted by molar-refractivity contribution is 0.0526. The number of benzene rings is 2. The Kier molecular flexibility index (Phi) is 9.87. The molecule has 0 fully saturated rings. The molecule has 0 aliphatic rings. The largest absolute Gasteiger partial charge is 0.508 e. The van der Waals surface area contributed by atoms with Crippen molar-refractivity contribution in [2.75, 3.05) is 6.61 Å². The Hall–Kier alpha value is -3.60. The monoisotopic (exact) mass is 460 g/mol. The fraction of sp³-hybridized carbons (Fsp3) is 0.310. The van der Waals surface area contributed by atoms with E-state index in [0.29, 0.717) is 18.1 Å². The Bertz CT molecular complexity index is 1190. The second-order valence-electron chi connectivity index (χ2n) is 7.97. The van der Waals surface area contributed by atoms with Crippen molar-refractivity contribution in [1.29, 1.82) is 0 Å². The predicted molar refractivity (Wildman–Crippen MR) is 140 cm³/mol. The van der Waals surface area contributed by atoms with Crippen molar-refractivity contribution in [2.24, 2.45) is 0 Å². The van der Waals surface area contributed by atoms with E-state index in [1.54, 1.807) is 19.1 Å². The lowest BCUT2D eigenvalue weighted by Gasteiger charge is -2.06. The molecular formula is C29H36N2O3. The molecule has 34 heavy (non-hydrogen) atoms. The summed E-state index contributed by atoms with van der Waals surface area (Å²) >= 11 is 0. The maximum Gasteiger partial charge on any atom is 0.338 e. The van der Waals surface area contributed by atoms with Crippen LogP contribution in [0.5, 0.6) is 5.75 Å². The highest BCUT2D eigenvalue weighted by molar-refractivity contribution is 5.89. The molecule has 0 aliphatic carbocycles. The summed E-state index contributed by atoms with van der Waals surface area (Å²) in [6, 6.07) is 18.8. The summed E-state index contributed by atoms with van der Waals surface area (Å²) in [5.41, 5.74) is 7.09. The molecule has 0 bridgehead atoms. The molecule has 0 saturated heterocycles. The average molecular weight is 461 g/mol. The van der Waals surface area contributed by atoms with E-state index in [1.807, 2.05) is 62.5 Å². The molecule has 2 aromatic carbocycles. The first-order valence-electron chi connectivity index (χ1n) is 11.8. The molecule has 2 aromatic heterocycles. The van der Waals surface area contributed by atoms with Gasteiger partial charge in [-0.1, -0.05) is 45.9 Å². The van der Waals surface area contributed by atoms with Crippen LogP contribution >= 0.6 is 0 Å². The first-order valence-corrected chi connectivity index (χ1v) is 11.8. The van der Waals surface area contributed by atoms with Gasteiger partial charge in [-0.3, -0.25) is 0 Å². The summed E-state index contributed by atoms with van der Waals surface area (Å²) in [6.45, 7) is 14.6. The van der Waals surface area contributed by atoms with Crippen LogP contribution in [0.1, 0.15) is 67.7 Å². The standard InChI is InChI=1S/C15H14N2O.C12H16O2.C2H6/c1-10-4-3-9-17-11(2)14(16-15(10)17)12-5-7-13(18)8-6-12;1-4-14-12(13)11-7-5-10(6-8-11)9(2)3;1-2/h3-9,18H,1-2H3;5-9H,4H2,1-3H3;1-2H3. The van der Waals surface area contributed by atoms with Gasteiger partial charge in [0, 0.05) is 17.5 Å². The number of esters is 1. The molecule has 4 aromatic rings. The summed E-state index contributed by atoms with van der Waals surface area (Å²) in [6.07, 6.45) is 2.02. The van der Waals surface area contributed by atoms with Crippen LogP contribution in [0.3, 0.4) is 0 Å². The maximum atomic E-state index is 11.3.